The summed E-state index contributed by atoms with van der Waals surface area (Å²) in [6.07, 6.45) is 1.77. The molecule has 0 bridgehead atoms. The van der Waals surface area contributed by atoms with Crippen LogP contribution in [0.1, 0.15) is 5.56 Å². The number of fused-ring (bicyclic) bond motifs is 1. The maximum absolute atomic E-state index is 5.51. The van der Waals surface area contributed by atoms with Gasteiger partial charge in [0.15, 0.2) is 0 Å². The highest BCUT2D eigenvalue weighted by Gasteiger charge is 2.01. The van der Waals surface area contributed by atoms with Crippen molar-refractivity contribution in [1.29, 1.82) is 0 Å². The second-order valence-electron chi connectivity index (χ2n) is 2.18. The first-order valence-electron chi connectivity index (χ1n) is 3.29. The molecule has 2 rings (SSSR count). The van der Waals surface area contributed by atoms with Gasteiger partial charge in [-0.2, -0.15) is 0 Å². The number of rotatable bonds is 1. The molecule has 0 saturated carbocycles. The fourth-order valence-corrected chi connectivity index (χ4v) is 1.67. The number of hydrogen-bond donors (Lipinski definition) is 1. The Kier molecular flexibility index (Phi) is 1.56. The quantitative estimate of drug-likeness (QED) is 0.689. The van der Waals surface area contributed by atoms with E-state index in [0.717, 1.165) is 15.9 Å². The first kappa shape index (κ1) is 6.69. The third-order valence-electron chi connectivity index (χ3n) is 1.54. The van der Waals surface area contributed by atoms with Crippen molar-refractivity contribution in [2.45, 2.75) is 6.54 Å². The molecule has 0 aliphatic rings. The van der Waals surface area contributed by atoms with E-state index in [9.17, 15) is 0 Å². The first-order chi connectivity index (χ1) is 5.42. The second kappa shape index (κ2) is 2.56. The second-order valence-corrected chi connectivity index (χ2v) is 3.01. The predicted octanol–water partition coefficient (Wildman–Crippen LogP) is 1.15. The molecule has 11 heavy (non-hydrogen) atoms. The van der Waals surface area contributed by atoms with E-state index in [1.165, 1.54) is 11.3 Å². The van der Waals surface area contributed by atoms with Crippen LogP contribution in [0.4, 0.5) is 0 Å². The molecule has 0 radical (unpaired) electrons. The zero-order chi connectivity index (χ0) is 7.68. The number of nitrogens with two attached hydrogens (primary N) is 1. The average molecular weight is 165 g/mol. The average Bonchev–Trinajstić information content (AvgIpc) is 2.50. The molecule has 2 heterocycles. The van der Waals surface area contributed by atoms with E-state index in [-0.39, 0.29) is 0 Å². The van der Waals surface area contributed by atoms with Gasteiger partial charge in [0.25, 0.3) is 0 Å². The van der Waals surface area contributed by atoms with Crippen LogP contribution in [0.3, 0.4) is 0 Å². The SMILES string of the molecule is NCc1ccnc2scnc12. The van der Waals surface area contributed by atoms with Crippen molar-refractivity contribution in [2.75, 3.05) is 0 Å². The lowest BCUT2D eigenvalue weighted by Crippen LogP contribution is -1.97. The Morgan fingerprint density at radius 2 is 2.36 bits per heavy atom. The lowest BCUT2D eigenvalue weighted by atomic mass is 10.2. The molecule has 3 nitrogen and oxygen atoms in total. The van der Waals surface area contributed by atoms with Crippen LogP contribution in [0, 0.1) is 0 Å². The fourth-order valence-electron chi connectivity index (χ4n) is 0.990. The number of nitrogens with zero attached hydrogens (tertiary/aromatic N) is 2. The van der Waals surface area contributed by atoms with E-state index in [1.807, 2.05) is 6.07 Å². The molecule has 0 unspecified atom stereocenters. The molecule has 56 valence electrons. The highest BCUT2D eigenvalue weighted by Crippen LogP contribution is 2.17. The highest BCUT2D eigenvalue weighted by atomic mass is 32.1. The van der Waals surface area contributed by atoms with Crippen LogP contribution < -0.4 is 5.73 Å². The maximum atomic E-state index is 5.51. The van der Waals surface area contributed by atoms with Crippen LogP contribution in [0.15, 0.2) is 17.8 Å². The highest BCUT2D eigenvalue weighted by molar-refractivity contribution is 7.16. The topological polar surface area (TPSA) is 51.8 Å². The van der Waals surface area contributed by atoms with Crippen LogP contribution in [-0.2, 0) is 6.54 Å². The largest absolute Gasteiger partial charge is 0.326 e. The molecular weight excluding hydrogens is 158 g/mol. The standard InChI is InChI=1S/C7H7N3S/c8-3-5-1-2-9-7-6(5)10-4-11-7/h1-2,4H,3,8H2. The van der Waals surface area contributed by atoms with Crippen molar-refractivity contribution < 1.29 is 0 Å². The molecule has 0 fully saturated rings. The van der Waals surface area contributed by atoms with Crippen molar-refractivity contribution >= 4 is 21.7 Å². The normalized spacial score (nSPS) is 10.6. The summed E-state index contributed by atoms with van der Waals surface area (Å²) in [7, 11) is 0. The van der Waals surface area contributed by atoms with E-state index >= 15 is 0 Å². The minimum absolute atomic E-state index is 0.531. The van der Waals surface area contributed by atoms with Gasteiger partial charge in [0.2, 0.25) is 0 Å². The van der Waals surface area contributed by atoms with Gasteiger partial charge >= 0.3 is 0 Å². The van der Waals surface area contributed by atoms with Gasteiger partial charge in [-0.3, -0.25) is 0 Å². The molecule has 0 aromatic carbocycles. The van der Waals surface area contributed by atoms with Gasteiger partial charge in [-0.1, -0.05) is 0 Å². The minimum Gasteiger partial charge on any atom is -0.326 e. The molecule has 0 spiro atoms. The third-order valence-corrected chi connectivity index (χ3v) is 2.27. The Balaban J connectivity index is 2.79. The molecule has 0 saturated heterocycles. The summed E-state index contributed by atoms with van der Waals surface area (Å²) in [5.74, 6) is 0. The zero-order valence-corrected chi connectivity index (χ0v) is 6.64. The van der Waals surface area contributed by atoms with E-state index in [4.69, 9.17) is 5.73 Å². The monoisotopic (exact) mass is 165 g/mol. The summed E-state index contributed by atoms with van der Waals surface area (Å²) in [6.45, 7) is 0.531. The van der Waals surface area contributed by atoms with Crippen molar-refractivity contribution in [3.05, 3.63) is 23.3 Å². The van der Waals surface area contributed by atoms with Crippen molar-refractivity contribution in [3.8, 4) is 0 Å². The lowest BCUT2D eigenvalue weighted by Gasteiger charge is -1.94. The third kappa shape index (κ3) is 1.00. The summed E-state index contributed by atoms with van der Waals surface area (Å²) in [5, 5.41) is 0. The van der Waals surface area contributed by atoms with Gasteiger partial charge in [0.1, 0.15) is 10.3 Å². The molecule has 0 amide bonds. The predicted molar refractivity (Wildman–Crippen MR) is 45.3 cm³/mol. The van der Waals surface area contributed by atoms with E-state index < -0.39 is 0 Å². The summed E-state index contributed by atoms with van der Waals surface area (Å²) < 4.78 is 0. The Morgan fingerprint density at radius 1 is 1.45 bits per heavy atom. The van der Waals surface area contributed by atoms with Crippen molar-refractivity contribution in [1.82, 2.24) is 9.97 Å². The fraction of sp³-hybridized carbons (Fsp3) is 0.143. The molecule has 4 heteroatoms. The minimum atomic E-state index is 0.531. The Bertz CT molecular complexity index is 368. The van der Waals surface area contributed by atoms with Gasteiger partial charge in [0, 0.05) is 12.7 Å². The van der Waals surface area contributed by atoms with Crippen LogP contribution in [0.5, 0.6) is 0 Å². The number of pyridine rings is 1. The van der Waals surface area contributed by atoms with Crippen LogP contribution in [-0.4, -0.2) is 9.97 Å². The van der Waals surface area contributed by atoms with Gasteiger partial charge in [-0.25, -0.2) is 9.97 Å². The summed E-state index contributed by atoms with van der Waals surface area (Å²) in [5.41, 5.74) is 9.31. The molecule has 2 N–H and O–H groups in total. The van der Waals surface area contributed by atoms with Crippen LogP contribution in [0.25, 0.3) is 10.3 Å². The Hall–Kier alpha value is -1.00. The van der Waals surface area contributed by atoms with Gasteiger partial charge in [-0.05, 0) is 11.6 Å². The molecule has 0 atom stereocenters. The molecule has 0 aliphatic heterocycles. The number of hydrogen-bond acceptors (Lipinski definition) is 4. The Labute approximate surface area is 67.9 Å². The molecule has 0 aliphatic carbocycles. The van der Waals surface area contributed by atoms with E-state index in [1.54, 1.807) is 11.7 Å². The van der Waals surface area contributed by atoms with Crippen LogP contribution >= 0.6 is 11.3 Å². The van der Waals surface area contributed by atoms with Gasteiger partial charge in [0.05, 0.1) is 5.51 Å². The number of aromatic nitrogens is 2. The first-order valence-corrected chi connectivity index (χ1v) is 4.17. The molecule has 2 aromatic rings. The van der Waals surface area contributed by atoms with Crippen LogP contribution in [0.2, 0.25) is 0 Å². The molecular formula is C7H7N3S. The zero-order valence-electron chi connectivity index (χ0n) is 5.82. The van der Waals surface area contributed by atoms with Crippen molar-refractivity contribution in [3.63, 3.8) is 0 Å². The summed E-state index contributed by atoms with van der Waals surface area (Å²) in [6, 6.07) is 1.90. The lowest BCUT2D eigenvalue weighted by molar-refractivity contribution is 1.07. The van der Waals surface area contributed by atoms with E-state index in [2.05, 4.69) is 9.97 Å². The maximum Gasteiger partial charge on any atom is 0.143 e. The number of thiazole rings is 1. The summed E-state index contributed by atoms with van der Waals surface area (Å²) >= 11 is 1.54. The summed E-state index contributed by atoms with van der Waals surface area (Å²) in [4.78, 5) is 9.28. The van der Waals surface area contributed by atoms with Gasteiger partial charge in [-0.15, -0.1) is 11.3 Å². The Morgan fingerprint density at radius 3 is 3.18 bits per heavy atom. The van der Waals surface area contributed by atoms with Gasteiger partial charge < -0.3 is 5.73 Å². The van der Waals surface area contributed by atoms with Crippen molar-refractivity contribution in [2.24, 2.45) is 5.73 Å². The van der Waals surface area contributed by atoms with E-state index in [0.29, 0.717) is 6.54 Å². The molecule has 2 aromatic heterocycles. The smallest absolute Gasteiger partial charge is 0.143 e.